The lowest BCUT2D eigenvalue weighted by Crippen LogP contribution is -2.06. The topological polar surface area (TPSA) is 52.1 Å². The van der Waals surface area contributed by atoms with Crippen LogP contribution in [-0.4, -0.2) is 15.8 Å². The number of aromatic nitrogens is 2. The van der Waals surface area contributed by atoms with Crippen molar-refractivity contribution in [1.82, 2.24) is 9.97 Å². The molecule has 0 bridgehead atoms. The first-order valence-electron chi connectivity index (χ1n) is 8.52. The van der Waals surface area contributed by atoms with Crippen molar-refractivity contribution >= 4 is 16.8 Å². The Morgan fingerprint density at radius 3 is 2.54 bits per heavy atom. The monoisotopic (exact) mass is 376 g/mol. The van der Waals surface area contributed by atoms with E-state index in [0.29, 0.717) is 27.9 Å². The van der Waals surface area contributed by atoms with Crippen LogP contribution in [0, 0.1) is 11.6 Å². The van der Waals surface area contributed by atoms with Crippen LogP contribution in [0.15, 0.2) is 73.1 Å². The smallest absolute Gasteiger partial charge is 0.196 e. The van der Waals surface area contributed by atoms with Crippen molar-refractivity contribution < 1.29 is 18.3 Å². The van der Waals surface area contributed by atoms with Crippen LogP contribution < -0.4 is 4.74 Å². The maximum absolute atomic E-state index is 14.3. The highest BCUT2D eigenvalue weighted by molar-refractivity contribution is 6.10. The summed E-state index contributed by atoms with van der Waals surface area (Å²) in [7, 11) is 0. The summed E-state index contributed by atoms with van der Waals surface area (Å²) in [5, 5.41) is 0. The molecule has 0 amide bonds. The Hall–Kier alpha value is -3.67. The van der Waals surface area contributed by atoms with Crippen LogP contribution in [0.3, 0.4) is 0 Å². The Morgan fingerprint density at radius 1 is 0.893 bits per heavy atom. The van der Waals surface area contributed by atoms with Crippen molar-refractivity contribution in [2.24, 2.45) is 0 Å². The van der Waals surface area contributed by atoms with Crippen molar-refractivity contribution in [3.05, 3.63) is 101 Å². The quantitative estimate of drug-likeness (QED) is 0.473. The average Bonchev–Trinajstić information content (AvgIpc) is 2.72. The standard InChI is InChI=1S/C22H14F2N2O2/c23-16-3-1-2-14(10-16)13-28-17-5-6-19(24)18(12-17)22(27)15-4-7-20-21(11-15)26-9-8-25-20/h1-12H,13H2. The van der Waals surface area contributed by atoms with E-state index in [1.807, 2.05) is 0 Å². The molecule has 0 radical (unpaired) electrons. The lowest BCUT2D eigenvalue weighted by atomic mass is 10.0. The maximum atomic E-state index is 14.3. The van der Waals surface area contributed by atoms with E-state index >= 15 is 0 Å². The lowest BCUT2D eigenvalue weighted by molar-refractivity contribution is 0.103. The van der Waals surface area contributed by atoms with Crippen molar-refractivity contribution in [1.29, 1.82) is 0 Å². The van der Waals surface area contributed by atoms with Crippen LogP contribution in [-0.2, 0) is 6.61 Å². The number of hydrogen-bond acceptors (Lipinski definition) is 4. The molecule has 0 aliphatic heterocycles. The molecule has 138 valence electrons. The average molecular weight is 376 g/mol. The van der Waals surface area contributed by atoms with E-state index in [1.54, 1.807) is 36.5 Å². The highest BCUT2D eigenvalue weighted by atomic mass is 19.1. The highest BCUT2D eigenvalue weighted by Crippen LogP contribution is 2.22. The first kappa shape index (κ1) is 17.7. The number of benzene rings is 3. The number of nitrogens with zero attached hydrogens (tertiary/aromatic N) is 2. The lowest BCUT2D eigenvalue weighted by Gasteiger charge is -2.09. The third-order valence-corrected chi connectivity index (χ3v) is 4.21. The molecule has 28 heavy (non-hydrogen) atoms. The SMILES string of the molecule is O=C(c1ccc2nccnc2c1)c1cc(OCc2cccc(F)c2)ccc1F. The minimum atomic E-state index is -0.651. The number of rotatable bonds is 5. The number of halogens is 2. The third kappa shape index (κ3) is 3.71. The number of ether oxygens (including phenoxy) is 1. The summed E-state index contributed by atoms with van der Waals surface area (Å²) in [5.74, 6) is -1.19. The minimum Gasteiger partial charge on any atom is -0.489 e. The molecule has 1 heterocycles. The van der Waals surface area contributed by atoms with Crippen molar-refractivity contribution in [2.75, 3.05) is 0 Å². The molecule has 6 heteroatoms. The normalized spacial score (nSPS) is 10.8. The molecule has 0 aliphatic carbocycles. The van der Waals surface area contributed by atoms with E-state index in [2.05, 4.69) is 9.97 Å². The zero-order valence-corrected chi connectivity index (χ0v) is 14.6. The predicted molar refractivity (Wildman–Crippen MR) is 100 cm³/mol. The molecule has 0 unspecified atom stereocenters. The molecule has 4 nitrogen and oxygen atoms in total. The number of carbonyl (C=O) groups excluding carboxylic acids is 1. The Balaban J connectivity index is 1.59. The summed E-state index contributed by atoms with van der Waals surface area (Å²) in [5.41, 5.74) is 2.01. The number of ketones is 1. The summed E-state index contributed by atoms with van der Waals surface area (Å²) in [4.78, 5) is 21.1. The fourth-order valence-corrected chi connectivity index (χ4v) is 2.82. The fourth-order valence-electron chi connectivity index (χ4n) is 2.82. The molecule has 0 fully saturated rings. The van der Waals surface area contributed by atoms with Crippen molar-refractivity contribution in [2.45, 2.75) is 6.61 Å². The van der Waals surface area contributed by atoms with Gasteiger partial charge in [0, 0.05) is 18.0 Å². The largest absolute Gasteiger partial charge is 0.489 e. The van der Waals surface area contributed by atoms with Gasteiger partial charge in [-0.15, -0.1) is 0 Å². The van der Waals surface area contributed by atoms with E-state index in [4.69, 9.17) is 4.74 Å². The van der Waals surface area contributed by atoms with Gasteiger partial charge >= 0.3 is 0 Å². The minimum absolute atomic E-state index is 0.0998. The van der Waals surface area contributed by atoms with Crippen LogP contribution in [0.5, 0.6) is 5.75 Å². The zero-order valence-electron chi connectivity index (χ0n) is 14.6. The van der Waals surface area contributed by atoms with Gasteiger partial charge in [-0.3, -0.25) is 14.8 Å². The van der Waals surface area contributed by atoms with Crippen LogP contribution in [0.1, 0.15) is 21.5 Å². The van der Waals surface area contributed by atoms with Gasteiger partial charge in [-0.1, -0.05) is 12.1 Å². The Labute approximate surface area is 159 Å². The molecule has 4 rings (SSSR count). The molecule has 4 aromatic rings. The molecule has 0 aliphatic rings. The van der Waals surface area contributed by atoms with Gasteiger partial charge in [-0.2, -0.15) is 0 Å². The molecule has 0 spiro atoms. The van der Waals surface area contributed by atoms with Gasteiger partial charge in [-0.05, 0) is 54.1 Å². The number of fused-ring (bicyclic) bond motifs is 1. The van der Waals surface area contributed by atoms with E-state index in [-0.39, 0.29) is 18.0 Å². The zero-order chi connectivity index (χ0) is 19.5. The van der Waals surface area contributed by atoms with Gasteiger partial charge in [-0.25, -0.2) is 8.78 Å². The Kier molecular flexibility index (Phi) is 4.76. The molecule has 0 atom stereocenters. The molecule has 0 saturated heterocycles. The van der Waals surface area contributed by atoms with E-state index < -0.39 is 11.6 Å². The summed E-state index contributed by atoms with van der Waals surface area (Å²) in [6.07, 6.45) is 3.08. The number of hydrogen-bond donors (Lipinski definition) is 0. The third-order valence-electron chi connectivity index (χ3n) is 4.21. The highest BCUT2D eigenvalue weighted by Gasteiger charge is 2.16. The second-order valence-corrected chi connectivity index (χ2v) is 6.15. The van der Waals surface area contributed by atoms with Crippen molar-refractivity contribution in [3.63, 3.8) is 0 Å². The molecule has 1 aromatic heterocycles. The second-order valence-electron chi connectivity index (χ2n) is 6.15. The van der Waals surface area contributed by atoms with Gasteiger partial charge < -0.3 is 4.74 Å². The summed E-state index contributed by atoms with van der Waals surface area (Å²) in [6, 6.07) is 14.8. The van der Waals surface area contributed by atoms with Crippen LogP contribution in [0.25, 0.3) is 11.0 Å². The second kappa shape index (κ2) is 7.52. The van der Waals surface area contributed by atoms with Gasteiger partial charge in [0.05, 0.1) is 16.6 Å². The maximum Gasteiger partial charge on any atom is 0.196 e. The van der Waals surface area contributed by atoms with Crippen LogP contribution in [0.2, 0.25) is 0 Å². The summed E-state index contributed by atoms with van der Waals surface area (Å²) in [6.45, 7) is 0.0998. The molecule has 3 aromatic carbocycles. The summed E-state index contributed by atoms with van der Waals surface area (Å²) < 4.78 is 33.1. The van der Waals surface area contributed by atoms with Crippen LogP contribution in [0.4, 0.5) is 8.78 Å². The number of carbonyl (C=O) groups is 1. The van der Waals surface area contributed by atoms with Crippen LogP contribution >= 0.6 is 0 Å². The molecule has 0 saturated carbocycles. The van der Waals surface area contributed by atoms with E-state index in [1.165, 1.54) is 36.5 Å². The van der Waals surface area contributed by atoms with E-state index in [0.717, 1.165) is 0 Å². The molecular formula is C22H14F2N2O2. The first-order chi connectivity index (χ1) is 13.6. The summed E-state index contributed by atoms with van der Waals surface area (Å²) >= 11 is 0. The molecule has 0 N–H and O–H groups in total. The van der Waals surface area contributed by atoms with E-state index in [9.17, 15) is 13.6 Å². The Bertz CT molecular complexity index is 1180. The van der Waals surface area contributed by atoms with Gasteiger partial charge in [0.1, 0.15) is 24.0 Å². The van der Waals surface area contributed by atoms with Gasteiger partial charge in [0.25, 0.3) is 0 Å². The Morgan fingerprint density at radius 2 is 1.71 bits per heavy atom. The molecular weight excluding hydrogens is 362 g/mol. The predicted octanol–water partition coefficient (Wildman–Crippen LogP) is 4.72. The van der Waals surface area contributed by atoms with Gasteiger partial charge in [0.2, 0.25) is 0 Å². The first-order valence-corrected chi connectivity index (χ1v) is 8.52. The van der Waals surface area contributed by atoms with Gasteiger partial charge in [0.15, 0.2) is 5.78 Å². The fraction of sp³-hybridized carbons (Fsp3) is 0.0455. The van der Waals surface area contributed by atoms with Crippen molar-refractivity contribution in [3.8, 4) is 5.75 Å².